The molecule has 0 saturated carbocycles. The van der Waals surface area contributed by atoms with E-state index in [-0.39, 0.29) is 11.9 Å². The zero-order valence-corrected chi connectivity index (χ0v) is 16.0. The van der Waals surface area contributed by atoms with Crippen molar-refractivity contribution in [2.24, 2.45) is 0 Å². The summed E-state index contributed by atoms with van der Waals surface area (Å²) in [4.78, 5) is 18.1. The number of carbonyl (C=O) groups excluding carboxylic acids is 1. The standard InChI is InChI=1S/C20H27N3OS/c1-15(20-22-17-10-6-7-11-18(17)25-20)23(2)14-19(24)21-13-12-16-8-4-3-5-9-16/h6-8,10-11,15H,3-5,9,12-14H2,1-2H3,(H,21,24)/p+1/t15-/m0/s1. The molecule has 2 N–H and O–H groups in total. The van der Waals surface area contributed by atoms with E-state index in [1.807, 2.05) is 18.2 Å². The van der Waals surface area contributed by atoms with Crippen LogP contribution in [0, 0.1) is 0 Å². The average Bonchev–Trinajstić information content (AvgIpc) is 3.06. The highest BCUT2D eigenvalue weighted by Gasteiger charge is 2.21. The second-order valence-corrected chi connectivity index (χ2v) is 8.03. The van der Waals surface area contributed by atoms with E-state index >= 15 is 0 Å². The minimum Gasteiger partial charge on any atom is -0.351 e. The van der Waals surface area contributed by atoms with Crippen LogP contribution in [-0.4, -0.2) is 31.0 Å². The molecule has 25 heavy (non-hydrogen) atoms. The van der Waals surface area contributed by atoms with E-state index in [1.165, 1.54) is 40.9 Å². The summed E-state index contributed by atoms with van der Waals surface area (Å²) in [6, 6.07) is 8.42. The van der Waals surface area contributed by atoms with Gasteiger partial charge in [0, 0.05) is 6.54 Å². The summed E-state index contributed by atoms with van der Waals surface area (Å²) in [6.45, 7) is 3.39. The fourth-order valence-electron chi connectivity index (χ4n) is 3.25. The van der Waals surface area contributed by atoms with Gasteiger partial charge in [-0.15, -0.1) is 11.3 Å². The number of thiazole rings is 1. The molecule has 1 aromatic heterocycles. The molecule has 1 aromatic carbocycles. The number of nitrogens with one attached hydrogen (secondary N) is 2. The topological polar surface area (TPSA) is 46.4 Å². The van der Waals surface area contributed by atoms with Gasteiger partial charge in [0.1, 0.15) is 6.04 Å². The first-order valence-corrected chi connectivity index (χ1v) is 10.1. The van der Waals surface area contributed by atoms with Gasteiger partial charge in [-0.05, 0) is 51.2 Å². The molecule has 1 heterocycles. The fraction of sp³-hybridized carbons (Fsp3) is 0.500. The zero-order valence-electron chi connectivity index (χ0n) is 15.2. The maximum absolute atomic E-state index is 12.2. The predicted molar refractivity (Wildman–Crippen MR) is 104 cm³/mol. The number of carbonyl (C=O) groups is 1. The van der Waals surface area contributed by atoms with Gasteiger partial charge < -0.3 is 10.2 Å². The number of fused-ring (bicyclic) bond motifs is 1. The van der Waals surface area contributed by atoms with E-state index in [9.17, 15) is 4.79 Å². The maximum atomic E-state index is 12.2. The van der Waals surface area contributed by atoms with E-state index in [1.54, 1.807) is 11.3 Å². The molecule has 0 radical (unpaired) electrons. The molecular formula is C20H28N3OS+. The SMILES string of the molecule is C[C@@H](c1nc2ccccc2s1)[NH+](C)CC(=O)NCCC1=CCCCC1. The Balaban J connectivity index is 1.47. The molecule has 3 rings (SSSR count). The Labute approximate surface area is 153 Å². The first kappa shape index (κ1) is 18.1. The highest BCUT2D eigenvalue weighted by atomic mass is 32.1. The van der Waals surface area contributed by atoms with E-state index in [4.69, 9.17) is 4.98 Å². The van der Waals surface area contributed by atoms with Crippen LogP contribution >= 0.6 is 11.3 Å². The third-order valence-corrected chi connectivity index (χ3v) is 6.23. The molecule has 4 nitrogen and oxygen atoms in total. The highest BCUT2D eigenvalue weighted by Crippen LogP contribution is 2.24. The van der Waals surface area contributed by atoms with E-state index in [0.717, 1.165) is 23.5 Å². The Morgan fingerprint density at radius 2 is 2.20 bits per heavy atom. The van der Waals surface area contributed by atoms with Crippen molar-refractivity contribution >= 4 is 27.5 Å². The molecule has 1 aliphatic carbocycles. The zero-order chi connectivity index (χ0) is 17.6. The van der Waals surface area contributed by atoms with Crippen molar-refractivity contribution < 1.29 is 9.69 Å². The second kappa shape index (κ2) is 8.59. The summed E-state index contributed by atoms with van der Waals surface area (Å²) >= 11 is 1.73. The molecule has 0 spiro atoms. The van der Waals surface area contributed by atoms with Crippen molar-refractivity contribution in [3.05, 3.63) is 40.9 Å². The Hall–Kier alpha value is -1.72. The fourth-order valence-corrected chi connectivity index (χ4v) is 4.36. The number of amides is 1. The van der Waals surface area contributed by atoms with Crippen molar-refractivity contribution in [2.75, 3.05) is 20.1 Å². The summed E-state index contributed by atoms with van der Waals surface area (Å²) in [5.41, 5.74) is 2.56. The van der Waals surface area contributed by atoms with Gasteiger partial charge in [0.15, 0.2) is 11.6 Å². The lowest BCUT2D eigenvalue weighted by atomic mass is 9.97. The van der Waals surface area contributed by atoms with Crippen LogP contribution in [0.25, 0.3) is 10.2 Å². The molecule has 2 aromatic rings. The maximum Gasteiger partial charge on any atom is 0.275 e. The number of benzene rings is 1. The lowest BCUT2D eigenvalue weighted by Gasteiger charge is -2.19. The first-order chi connectivity index (χ1) is 12.1. The van der Waals surface area contributed by atoms with Gasteiger partial charge in [-0.25, -0.2) is 4.98 Å². The number of allylic oxidation sites excluding steroid dienone is 1. The number of hydrogen-bond acceptors (Lipinski definition) is 3. The normalized spacial score (nSPS) is 17.1. The Kier molecular flexibility index (Phi) is 6.21. The minimum absolute atomic E-state index is 0.127. The minimum atomic E-state index is 0.127. The van der Waals surface area contributed by atoms with E-state index < -0.39 is 0 Å². The van der Waals surface area contributed by atoms with Crippen LogP contribution in [0.3, 0.4) is 0 Å². The molecule has 2 atom stereocenters. The molecule has 1 amide bonds. The van der Waals surface area contributed by atoms with Crippen molar-refractivity contribution in [1.29, 1.82) is 0 Å². The number of quaternary nitrogens is 1. The average molecular weight is 359 g/mol. The van der Waals surface area contributed by atoms with Crippen LogP contribution in [0.15, 0.2) is 35.9 Å². The van der Waals surface area contributed by atoms with Gasteiger partial charge in [-0.2, -0.15) is 0 Å². The largest absolute Gasteiger partial charge is 0.351 e. The van der Waals surface area contributed by atoms with Crippen LogP contribution < -0.4 is 10.2 Å². The lowest BCUT2D eigenvalue weighted by Crippen LogP contribution is -3.10. The van der Waals surface area contributed by atoms with Gasteiger partial charge in [-0.3, -0.25) is 4.79 Å². The molecule has 0 fully saturated rings. The Morgan fingerprint density at radius 1 is 1.36 bits per heavy atom. The van der Waals surface area contributed by atoms with Gasteiger partial charge in [0.2, 0.25) is 0 Å². The van der Waals surface area contributed by atoms with Crippen molar-refractivity contribution in [3.63, 3.8) is 0 Å². The molecule has 0 saturated heterocycles. The third-order valence-electron chi connectivity index (χ3n) is 5.01. The van der Waals surface area contributed by atoms with Crippen molar-refractivity contribution in [3.8, 4) is 0 Å². The molecule has 5 heteroatoms. The third kappa shape index (κ3) is 4.89. The first-order valence-electron chi connectivity index (χ1n) is 9.26. The molecule has 0 aliphatic heterocycles. The summed E-state index contributed by atoms with van der Waals surface area (Å²) in [5.74, 6) is 0.127. The predicted octanol–water partition coefficient (Wildman–Crippen LogP) is 2.88. The van der Waals surface area contributed by atoms with Gasteiger partial charge in [0.05, 0.1) is 17.3 Å². The Bertz CT molecular complexity index is 719. The van der Waals surface area contributed by atoms with Crippen LogP contribution in [0.1, 0.15) is 50.1 Å². The number of hydrogen-bond donors (Lipinski definition) is 2. The van der Waals surface area contributed by atoms with Gasteiger partial charge in [-0.1, -0.05) is 23.8 Å². The van der Waals surface area contributed by atoms with E-state index in [2.05, 4.69) is 31.4 Å². The van der Waals surface area contributed by atoms with Crippen LogP contribution in [-0.2, 0) is 4.79 Å². The van der Waals surface area contributed by atoms with Gasteiger partial charge >= 0.3 is 0 Å². The summed E-state index contributed by atoms with van der Waals surface area (Å²) in [5, 5.41) is 4.17. The molecular weight excluding hydrogens is 330 g/mol. The lowest BCUT2D eigenvalue weighted by molar-refractivity contribution is -0.902. The summed E-state index contributed by atoms with van der Waals surface area (Å²) in [7, 11) is 2.07. The summed E-state index contributed by atoms with van der Waals surface area (Å²) < 4.78 is 1.21. The number of rotatable bonds is 7. The second-order valence-electron chi connectivity index (χ2n) is 6.97. The van der Waals surface area contributed by atoms with Crippen molar-refractivity contribution in [2.45, 2.75) is 45.1 Å². The molecule has 134 valence electrons. The summed E-state index contributed by atoms with van der Waals surface area (Å²) in [6.07, 6.45) is 8.37. The van der Waals surface area contributed by atoms with Crippen LogP contribution in [0.5, 0.6) is 0 Å². The number of para-hydroxylation sites is 1. The molecule has 0 bridgehead atoms. The smallest absolute Gasteiger partial charge is 0.275 e. The van der Waals surface area contributed by atoms with E-state index in [0.29, 0.717) is 6.54 Å². The van der Waals surface area contributed by atoms with Crippen molar-refractivity contribution in [1.82, 2.24) is 10.3 Å². The quantitative estimate of drug-likeness (QED) is 0.748. The number of nitrogens with zero attached hydrogens (tertiary/aromatic N) is 1. The monoisotopic (exact) mass is 358 g/mol. The molecule has 1 unspecified atom stereocenters. The van der Waals surface area contributed by atoms with Crippen LogP contribution in [0.2, 0.25) is 0 Å². The Morgan fingerprint density at radius 3 is 2.96 bits per heavy atom. The number of likely N-dealkylation sites (N-methyl/N-ethyl adjacent to an activating group) is 1. The highest BCUT2D eigenvalue weighted by molar-refractivity contribution is 7.18. The number of aromatic nitrogens is 1. The van der Waals surface area contributed by atoms with Gasteiger partial charge in [0.25, 0.3) is 5.91 Å². The molecule has 1 aliphatic rings. The van der Waals surface area contributed by atoms with Crippen LogP contribution in [0.4, 0.5) is 0 Å².